The second-order valence-electron chi connectivity index (χ2n) is 3.35. The summed E-state index contributed by atoms with van der Waals surface area (Å²) < 4.78 is 5.11. The summed E-state index contributed by atoms with van der Waals surface area (Å²) in [6.45, 7) is 3.25. The predicted molar refractivity (Wildman–Crippen MR) is 63.8 cm³/mol. The van der Waals surface area contributed by atoms with Gasteiger partial charge in [0.2, 0.25) is 5.28 Å². The highest BCUT2D eigenvalue weighted by atomic mass is 35.5. The summed E-state index contributed by atoms with van der Waals surface area (Å²) in [6, 6.07) is 0. The Hall–Kier alpha value is -1.67. The first-order valence-corrected chi connectivity index (χ1v) is 5.95. The number of oxazole rings is 1. The van der Waals surface area contributed by atoms with Gasteiger partial charge in [0.15, 0.2) is 5.03 Å². The molecule has 0 N–H and O–H groups in total. The molecule has 18 heavy (non-hydrogen) atoms. The molecule has 0 aromatic carbocycles. The van der Waals surface area contributed by atoms with Crippen LogP contribution in [0.5, 0.6) is 0 Å². The highest BCUT2D eigenvalue weighted by Gasteiger charge is 2.24. The second-order valence-corrected chi connectivity index (χ2v) is 4.62. The highest BCUT2D eigenvalue weighted by molar-refractivity contribution is 7.99. The Labute approximate surface area is 111 Å². The van der Waals surface area contributed by atoms with Gasteiger partial charge in [-0.05, 0) is 37.2 Å². The Kier molecular flexibility index (Phi) is 3.48. The van der Waals surface area contributed by atoms with Gasteiger partial charge in [-0.1, -0.05) is 0 Å². The maximum Gasteiger partial charge on any atom is 0.322 e. The van der Waals surface area contributed by atoms with Gasteiger partial charge in [0.05, 0.1) is 10.6 Å². The van der Waals surface area contributed by atoms with Gasteiger partial charge in [-0.3, -0.25) is 10.1 Å². The molecular weight excluding hydrogens is 280 g/mol. The Balaban J connectivity index is 2.45. The fourth-order valence-electron chi connectivity index (χ4n) is 1.25. The van der Waals surface area contributed by atoms with Crippen molar-refractivity contribution in [3.05, 3.63) is 33.0 Å². The molecule has 9 heteroatoms. The normalized spacial score (nSPS) is 10.6. The quantitative estimate of drug-likeness (QED) is 0.370. The van der Waals surface area contributed by atoms with E-state index in [9.17, 15) is 10.1 Å². The van der Waals surface area contributed by atoms with Crippen molar-refractivity contribution in [2.45, 2.75) is 24.1 Å². The zero-order valence-corrected chi connectivity index (χ0v) is 10.9. The number of halogens is 1. The van der Waals surface area contributed by atoms with Gasteiger partial charge in [-0.2, -0.15) is 0 Å². The van der Waals surface area contributed by atoms with Gasteiger partial charge < -0.3 is 4.42 Å². The van der Waals surface area contributed by atoms with Crippen molar-refractivity contribution in [2.75, 3.05) is 0 Å². The van der Waals surface area contributed by atoms with Gasteiger partial charge in [0.1, 0.15) is 12.0 Å². The summed E-state index contributed by atoms with van der Waals surface area (Å²) in [4.78, 5) is 22.0. The highest BCUT2D eigenvalue weighted by Crippen LogP contribution is 2.34. The first-order valence-electron chi connectivity index (χ1n) is 4.76. The van der Waals surface area contributed by atoms with E-state index < -0.39 is 4.92 Å². The topological polar surface area (TPSA) is 95.0 Å². The number of aryl methyl sites for hydroxylation is 2. The monoisotopic (exact) mass is 286 g/mol. The van der Waals surface area contributed by atoms with E-state index in [4.69, 9.17) is 16.0 Å². The molecule has 2 aromatic heterocycles. The van der Waals surface area contributed by atoms with Gasteiger partial charge in [-0.25, -0.2) is 15.0 Å². The molecule has 0 radical (unpaired) electrons. The van der Waals surface area contributed by atoms with Crippen molar-refractivity contribution in [3.63, 3.8) is 0 Å². The van der Waals surface area contributed by atoms with Crippen molar-refractivity contribution in [1.29, 1.82) is 0 Å². The van der Waals surface area contributed by atoms with Crippen molar-refractivity contribution in [2.24, 2.45) is 0 Å². The zero-order valence-electron chi connectivity index (χ0n) is 9.38. The van der Waals surface area contributed by atoms with Crippen molar-refractivity contribution >= 4 is 29.1 Å². The standard InChI is InChI=1S/C9H7ClN4O3S/c1-4-3-17-9(11-4)18-7-6(14(15)16)5(2)12-8(10)13-7/h3H,1-2H3. The van der Waals surface area contributed by atoms with Crippen LogP contribution in [0.15, 0.2) is 20.9 Å². The summed E-state index contributed by atoms with van der Waals surface area (Å²) >= 11 is 6.63. The smallest absolute Gasteiger partial charge is 0.322 e. The van der Waals surface area contributed by atoms with Crippen molar-refractivity contribution in [3.8, 4) is 0 Å². The molecule has 94 valence electrons. The minimum absolute atomic E-state index is 0.0520. The van der Waals surface area contributed by atoms with Gasteiger partial charge >= 0.3 is 5.69 Å². The van der Waals surface area contributed by atoms with Gasteiger partial charge in [0.25, 0.3) is 5.22 Å². The lowest BCUT2D eigenvalue weighted by atomic mass is 10.4. The second kappa shape index (κ2) is 4.91. The Morgan fingerprint density at radius 2 is 2.11 bits per heavy atom. The third-order valence-corrected chi connectivity index (χ3v) is 2.97. The molecule has 0 fully saturated rings. The average Bonchev–Trinajstić information content (AvgIpc) is 2.62. The zero-order chi connectivity index (χ0) is 13.3. The van der Waals surface area contributed by atoms with Crippen LogP contribution in [0.2, 0.25) is 5.28 Å². The molecule has 0 saturated heterocycles. The summed E-state index contributed by atoms with van der Waals surface area (Å²) in [7, 11) is 0. The van der Waals surface area contributed by atoms with E-state index in [-0.39, 0.29) is 26.9 Å². The van der Waals surface area contributed by atoms with Crippen molar-refractivity contribution < 1.29 is 9.34 Å². The third-order valence-electron chi connectivity index (χ3n) is 1.96. The maximum absolute atomic E-state index is 11.0. The molecule has 0 amide bonds. The minimum Gasteiger partial charge on any atom is -0.439 e. The number of hydrogen-bond donors (Lipinski definition) is 0. The molecule has 0 atom stereocenters. The molecular formula is C9H7ClN4O3S. The van der Waals surface area contributed by atoms with Crippen LogP contribution in [0.1, 0.15) is 11.4 Å². The van der Waals surface area contributed by atoms with E-state index in [0.717, 1.165) is 11.8 Å². The van der Waals surface area contributed by atoms with E-state index in [1.54, 1.807) is 6.92 Å². The molecule has 0 aliphatic rings. The fraction of sp³-hybridized carbons (Fsp3) is 0.222. The Morgan fingerprint density at radius 1 is 1.39 bits per heavy atom. The number of aromatic nitrogens is 3. The molecule has 0 aliphatic carbocycles. The van der Waals surface area contributed by atoms with E-state index in [2.05, 4.69) is 15.0 Å². The van der Waals surface area contributed by atoms with Gasteiger partial charge in [-0.15, -0.1) is 0 Å². The molecule has 0 unspecified atom stereocenters. The Morgan fingerprint density at radius 3 is 2.67 bits per heavy atom. The van der Waals surface area contributed by atoms with Crippen LogP contribution in [0, 0.1) is 24.0 Å². The molecule has 0 bridgehead atoms. The first kappa shape index (κ1) is 12.8. The maximum atomic E-state index is 11.0. The van der Waals surface area contributed by atoms with Crippen LogP contribution in [-0.2, 0) is 0 Å². The molecule has 2 rings (SSSR count). The third kappa shape index (κ3) is 2.59. The largest absolute Gasteiger partial charge is 0.439 e. The van der Waals surface area contributed by atoms with Crippen LogP contribution in [0.3, 0.4) is 0 Å². The summed E-state index contributed by atoms with van der Waals surface area (Å²) in [6.07, 6.45) is 1.45. The molecule has 7 nitrogen and oxygen atoms in total. The number of rotatable bonds is 3. The summed E-state index contributed by atoms with van der Waals surface area (Å²) in [5.74, 6) is 0. The number of hydrogen-bond acceptors (Lipinski definition) is 7. The molecule has 2 heterocycles. The van der Waals surface area contributed by atoms with Crippen molar-refractivity contribution in [1.82, 2.24) is 15.0 Å². The minimum atomic E-state index is -0.552. The van der Waals surface area contributed by atoms with Crippen LogP contribution in [-0.4, -0.2) is 19.9 Å². The lowest BCUT2D eigenvalue weighted by molar-refractivity contribution is -0.389. The molecule has 0 saturated carbocycles. The molecule has 2 aromatic rings. The van der Waals surface area contributed by atoms with E-state index in [0.29, 0.717) is 5.69 Å². The lowest BCUT2D eigenvalue weighted by Crippen LogP contribution is -2.00. The SMILES string of the molecule is Cc1coc(Sc2nc(Cl)nc(C)c2[N+](=O)[O-])n1. The van der Waals surface area contributed by atoms with Gasteiger partial charge in [0, 0.05) is 0 Å². The average molecular weight is 287 g/mol. The Bertz CT molecular complexity index is 616. The summed E-state index contributed by atoms with van der Waals surface area (Å²) in [5.41, 5.74) is 0.683. The van der Waals surface area contributed by atoms with E-state index in [1.165, 1.54) is 13.2 Å². The van der Waals surface area contributed by atoms with E-state index >= 15 is 0 Å². The fourth-order valence-corrected chi connectivity index (χ4v) is 2.41. The molecule has 0 spiro atoms. The molecule has 0 aliphatic heterocycles. The number of nitro groups is 1. The van der Waals surface area contributed by atoms with E-state index in [1.807, 2.05) is 0 Å². The lowest BCUT2D eigenvalue weighted by Gasteiger charge is -2.01. The summed E-state index contributed by atoms with van der Waals surface area (Å²) in [5, 5.41) is 11.3. The van der Waals surface area contributed by atoms with Crippen LogP contribution in [0.4, 0.5) is 5.69 Å². The van der Waals surface area contributed by atoms with Crippen LogP contribution >= 0.6 is 23.4 Å². The van der Waals surface area contributed by atoms with Crippen LogP contribution < -0.4 is 0 Å². The predicted octanol–water partition coefficient (Wildman–Crippen LogP) is 2.79. The number of nitrogens with zero attached hydrogens (tertiary/aromatic N) is 4. The van der Waals surface area contributed by atoms with Crippen LogP contribution in [0.25, 0.3) is 0 Å². The first-order chi connectivity index (χ1) is 8.47.